The van der Waals surface area contributed by atoms with Crippen molar-refractivity contribution in [3.63, 3.8) is 0 Å². The van der Waals surface area contributed by atoms with Gasteiger partial charge in [-0.15, -0.1) is 24.0 Å². The van der Waals surface area contributed by atoms with Crippen LogP contribution in [-0.4, -0.2) is 13.1 Å². The lowest BCUT2D eigenvalue weighted by Gasteiger charge is -2.08. The number of halogens is 1. The summed E-state index contributed by atoms with van der Waals surface area (Å²) in [7, 11) is 1.63. The number of nitrogens with two attached hydrogens (primary N) is 1. The highest BCUT2D eigenvalue weighted by Crippen LogP contribution is 2.16. The Bertz CT molecular complexity index is 614. The van der Waals surface area contributed by atoms with Crippen molar-refractivity contribution in [2.45, 2.75) is 13.5 Å². The maximum atomic E-state index is 5.89. The third kappa shape index (κ3) is 5.26. The molecular weight excluding hydrogens is 377 g/mol. The van der Waals surface area contributed by atoms with E-state index in [4.69, 9.17) is 10.5 Å². The SMILES string of the molecule is COc1cccc(NC(N)=NCc2ccccc2C)c1.I. The van der Waals surface area contributed by atoms with Gasteiger partial charge in [-0.3, -0.25) is 0 Å². The van der Waals surface area contributed by atoms with Gasteiger partial charge in [-0.05, 0) is 30.2 Å². The van der Waals surface area contributed by atoms with Gasteiger partial charge >= 0.3 is 0 Å². The van der Waals surface area contributed by atoms with E-state index in [0.29, 0.717) is 12.5 Å². The number of ether oxygens (including phenoxy) is 1. The second-order valence-electron chi connectivity index (χ2n) is 4.48. The quantitative estimate of drug-likeness (QED) is 0.471. The first-order valence-electron chi connectivity index (χ1n) is 6.44. The summed E-state index contributed by atoms with van der Waals surface area (Å²) < 4.78 is 5.16. The standard InChI is InChI=1S/C16H19N3O.HI/c1-12-6-3-4-7-13(12)11-18-16(17)19-14-8-5-9-15(10-14)20-2;/h3-10H,11H2,1-2H3,(H3,17,18,19);1H. The first-order valence-corrected chi connectivity index (χ1v) is 6.44. The van der Waals surface area contributed by atoms with Crippen molar-refractivity contribution < 1.29 is 4.74 Å². The Morgan fingerprint density at radius 2 is 1.95 bits per heavy atom. The molecule has 0 aliphatic carbocycles. The summed E-state index contributed by atoms with van der Waals surface area (Å²) in [5, 5.41) is 3.05. The summed E-state index contributed by atoms with van der Waals surface area (Å²) >= 11 is 0. The first kappa shape index (κ1) is 17.3. The fourth-order valence-electron chi connectivity index (χ4n) is 1.85. The monoisotopic (exact) mass is 397 g/mol. The number of guanidine groups is 1. The Hall–Kier alpha value is -1.76. The Morgan fingerprint density at radius 3 is 2.67 bits per heavy atom. The summed E-state index contributed by atoms with van der Waals surface area (Å²) in [5.74, 6) is 1.17. The van der Waals surface area contributed by atoms with Gasteiger partial charge in [0, 0.05) is 11.8 Å². The predicted octanol–water partition coefficient (Wildman–Crippen LogP) is 3.55. The van der Waals surface area contributed by atoms with Crippen LogP contribution in [0.15, 0.2) is 53.5 Å². The lowest BCUT2D eigenvalue weighted by Crippen LogP contribution is -2.22. The van der Waals surface area contributed by atoms with Crippen molar-refractivity contribution in [2.24, 2.45) is 10.7 Å². The van der Waals surface area contributed by atoms with Crippen molar-refractivity contribution in [3.05, 3.63) is 59.7 Å². The number of benzene rings is 2. The minimum absolute atomic E-state index is 0. The van der Waals surface area contributed by atoms with Crippen LogP contribution in [-0.2, 0) is 6.54 Å². The predicted molar refractivity (Wildman–Crippen MR) is 98.5 cm³/mol. The van der Waals surface area contributed by atoms with Crippen LogP contribution in [0.3, 0.4) is 0 Å². The number of nitrogens with zero attached hydrogens (tertiary/aromatic N) is 1. The molecule has 0 fully saturated rings. The second-order valence-corrected chi connectivity index (χ2v) is 4.48. The van der Waals surface area contributed by atoms with Crippen LogP contribution >= 0.6 is 24.0 Å². The van der Waals surface area contributed by atoms with E-state index in [1.807, 2.05) is 36.4 Å². The molecule has 5 heteroatoms. The normalized spacial score (nSPS) is 10.7. The lowest BCUT2D eigenvalue weighted by atomic mass is 10.1. The topological polar surface area (TPSA) is 59.6 Å². The smallest absolute Gasteiger partial charge is 0.193 e. The zero-order chi connectivity index (χ0) is 14.4. The number of methoxy groups -OCH3 is 1. The molecule has 0 heterocycles. The molecule has 0 atom stereocenters. The maximum absolute atomic E-state index is 5.89. The zero-order valence-corrected chi connectivity index (χ0v) is 14.5. The van der Waals surface area contributed by atoms with Gasteiger partial charge < -0.3 is 15.8 Å². The average molecular weight is 397 g/mol. The summed E-state index contributed by atoms with van der Waals surface area (Å²) in [6.45, 7) is 2.63. The van der Waals surface area contributed by atoms with Crippen LogP contribution in [0.5, 0.6) is 5.75 Å². The molecule has 0 saturated carbocycles. The zero-order valence-electron chi connectivity index (χ0n) is 12.2. The van der Waals surface area contributed by atoms with E-state index in [1.165, 1.54) is 11.1 Å². The molecule has 2 aromatic carbocycles. The molecule has 0 spiro atoms. The first-order chi connectivity index (χ1) is 9.69. The molecular formula is C16H20IN3O. The van der Waals surface area contributed by atoms with Crippen molar-refractivity contribution in [1.29, 1.82) is 0 Å². The number of aryl methyl sites for hydroxylation is 1. The third-order valence-electron chi connectivity index (χ3n) is 3.02. The minimum Gasteiger partial charge on any atom is -0.497 e. The second kappa shape index (κ2) is 8.51. The molecule has 0 aromatic heterocycles. The van der Waals surface area contributed by atoms with Gasteiger partial charge in [0.1, 0.15) is 5.75 Å². The fraction of sp³-hybridized carbons (Fsp3) is 0.188. The van der Waals surface area contributed by atoms with Gasteiger partial charge in [-0.25, -0.2) is 4.99 Å². The Balaban J connectivity index is 0.00000220. The van der Waals surface area contributed by atoms with E-state index in [1.54, 1.807) is 7.11 Å². The average Bonchev–Trinajstić information content (AvgIpc) is 2.46. The van der Waals surface area contributed by atoms with Crippen molar-refractivity contribution >= 4 is 35.6 Å². The molecule has 0 aliphatic rings. The molecule has 3 N–H and O–H groups in total. The van der Waals surface area contributed by atoms with Gasteiger partial charge in [-0.2, -0.15) is 0 Å². The van der Waals surface area contributed by atoms with Gasteiger partial charge in [-0.1, -0.05) is 30.3 Å². The summed E-state index contributed by atoms with van der Waals surface area (Å²) in [4.78, 5) is 4.35. The summed E-state index contributed by atoms with van der Waals surface area (Å²) in [6, 6.07) is 15.7. The van der Waals surface area contributed by atoms with E-state index in [9.17, 15) is 0 Å². The number of hydrogen-bond donors (Lipinski definition) is 2. The van der Waals surface area contributed by atoms with Crippen molar-refractivity contribution in [1.82, 2.24) is 0 Å². The van der Waals surface area contributed by atoms with Crippen LogP contribution in [0.4, 0.5) is 5.69 Å². The largest absolute Gasteiger partial charge is 0.497 e. The molecule has 0 saturated heterocycles. The molecule has 112 valence electrons. The van der Waals surface area contributed by atoms with Crippen LogP contribution < -0.4 is 15.8 Å². The molecule has 0 unspecified atom stereocenters. The number of nitrogens with one attached hydrogen (secondary N) is 1. The van der Waals surface area contributed by atoms with E-state index < -0.39 is 0 Å². The molecule has 21 heavy (non-hydrogen) atoms. The molecule has 0 radical (unpaired) electrons. The maximum Gasteiger partial charge on any atom is 0.193 e. The van der Waals surface area contributed by atoms with Crippen LogP contribution in [0, 0.1) is 6.92 Å². The summed E-state index contributed by atoms with van der Waals surface area (Å²) in [6.07, 6.45) is 0. The molecule has 2 rings (SSSR count). The summed E-state index contributed by atoms with van der Waals surface area (Å²) in [5.41, 5.74) is 9.13. The molecule has 4 nitrogen and oxygen atoms in total. The highest BCUT2D eigenvalue weighted by Gasteiger charge is 1.99. The lowest BCUT2D eigenvalue weighted by molar-refractivity contribution is 0.415. The molecule has 0 bridgehead atoms. The molecule has 0 aliphatic heterocycles. The molecule has 0 amide bonds. The molecule has 2 aromatic rings. The van der Waals surface area contributed by atoms with Crippen molar-refractivity contribution in [3.8, 4) is 5.75 Å². The van der Waals surface area contributed by atoms with E-state index in [0.717, 1.165) is 11.4 Å². The van der Waals surface area contributed by atoms with Gasteiger partial charge in [0.05, 0.1) is 13.7 Å². The van der Waals surface area contributed by atoms with Crippen LogP contribution in [0.25, 0.3) is 0 Å². The van der Waals surface area contributed by atoms with Crippen LogP contribution in [0.2, 0.25) is 0 Å². The minimum atomic E-state index is 0. The Kier molecular flexibility index (Phi) is 7.01. The van der Waals surface area contributed by atoms with Gasteiger partial charge in [0.2, 0.25) is 0 Å². The number of anilines is 1. The number of hydrogen-bond acceptors (Lipinski definition) is 2. The Morgan fingerprint density at radius 1 is 1.19 bits per heavy atom. The van der Waals surface area contributed by atoms with Gasteiger partial charge in [0.15, 0.2) is 5.96 Å². The third-order valence-corrected chi connectivity index (χ3v) is 3.02. The van der Waals surface area contributed by atoms with Crippen LogP contribution in [0.1, 0.15) is 11.1 Å². The van der Waals surface area contributed by atoms with Gasteiger partial charge in [0.25, 0.3) is 0 Å². The van der Waals surface area contributed by atoms with Crippen molar-refractivity contribution in [2.75, 3.05) is 12.4 Å². The van der Waals surface area contributed by atoms with E-state index in [-0.39, 0.29) is 24.0 Å². The Labute approximate surface area is 142 Å². The van der Waals surface area contributed by atoms with E-state index >= 15 is 0 Å². The highest BCUT2D eigenvalue weighted by molar-refractivity contribution is 14.0. The highest BCUT2D eigenvalue weighted by atomic mass is 127. The number of rotatable bonds is 4. The number of aliphatic imine (C=N–C) groups is 1. The van der Waals surface area contributed by atoms with E-state index in [2.05, 4.69) is 29.4 Å². The fourth-order valence-corrected chi connectivity index (χ4v) is 1.85.